The Hall–Kier alpha value is -1.05. The second kappa shape index (κ2) is 6.21. The molecule has 1 rings (SSSR count). The summed E-state index contributed by atoms with van der Waals surface area (Å²) in [5.41, 5.74) is 0.930. The summed E-state index contributed by atoms with van der Waals surface area (Å²) in [7, 11) is -3.81. The van der Waals surface area contributed by atoms with Gasteiger partial charge in [0, 0.05) is 0 Å². The molecule has 0 bridgehead atoms. The fourth-order valence-electron chi connectivity index (χ4n) is 1.33. The molecule has 1 aromatic rings. The summed E-state index contributed by atoms with van der Waals surface area (Å²) in [5.74, 6) is -0.923. The van der Waals surface area contributed by atoms with Crippen molar-refractivity contribution in [1.29, 1.82) is 0 Å². The molecule has 2 N–H and O–H groups in total. The number of rotatable bonds is 6. The molecule has 0 aliphatic heterocycles. The van der Waals surface area contributed by atoms with Crippen LogP contribution >= 0.6 is 12.6 Å². The number of carbonyl (C=O) groups is 1. The van der Waals surface area contributed by atoms with Gasteiger partial charge in [0.1, 0.15) is 6.04 Å². The maximum Gasteiger partial charge on any atom is 0.321 e. The molecule has 0 aromatic heterocycles. The molecule has 0 aliphatic carbocycles. The molecule has 0 saturated heterocycles. The first-order valence-corrected chi connectivity index (χ1v) is 7.41. The summed E-state index contributed by atoms with van der Waals surface area (Å²) in [6.45, 7) is 1.84. The lowest BCUT2D eigenvalue weighted by molar-refractivity contribution is -0.139. The molecule has 0 heterocycles. The van der Waals surface area contributed by atoms with Gasteiger partial charge in [-0.25, -0.2) is 8.42 Å². The Morgan fingerprint density at radius 1 is 1.39 bits per heavy atom. The van der Waals surface area contributed by atoms with E-state index >= 15 is 0 Å². The molecular weight excluding hydrogens is 274 g/mol. The van der Waals surface area contributed by atoms with E-state index in [2.05, 4.69) is 17.4 Å². The quantitative estimate of drug-likeness (QED) is 0.683. The van der Waals surface area contributed by atoms with Crippen molar-refractivity contribution < 1.29 is 18.3 Å². The number of thiol groups is 1. The second-order valence-corrected chi connectivity index (χ2v) is 6.00. The summed E-state index contributed by atoms with van der Waals surface area (Å²) in [4.78, 5) is 10.9. The number of nitrogens with one attached hydrogen (secondary N) is 1. The Labute approximate surface area is 112 Å². The number of aryl methyl sites for hydroxylation is 1. The van der Waals surface area contributed by atoms with Crippen molar-refractivity contribution >= 4 is 28.6 Å². The van der Waals surface area contributed by atoms with Gasteiger partial charge in [0.15, 0.2) is 0 Å². The Morgan fingerprint density at radius 3 is 2.39 bits per heavy atom. The number of benzene rings is 1. The number of hydrogen-bond acceptors (Lipinski definition) is 4. The molecule has 5 nitrogen and oxygen atoms in total. The number of sulfonamides is 1. The molecule has 0 spiro atoms. The molecule has 0 saturated carbocycles. The van der Waals surface area contributed by atoms with Crippen molar-refractivity contribution in [1.82, 2.24) is 4.72 Å². The lowest BCUT2D eigenvalue weighted by Crippen LogP contribution is -2.40. The highest BCUT2D eigenvalue weighted by atomic mass is 32.2. The van der Waals surface area contributed by atoms with E-state index < -0.39 is 22.0 Å². The zero-order valence-corrected chi connectivity index (χ0v) is 11.5. The van der Waals surface area contributed by atoms with Crippen LogP contribution in [0.1, 0.15) is 12.0 Å². The molecule has 7 heteroatoms. The van der Waals surface area contributed by atoms with E-state index in [4.69, 9.17) is 5.11 Å². The van der Waals surface area contributed by atoms with Crippen molar-refractivity contribution in [2.75, 3.05) is 5.75 Å². The van der Waals surface area contributed by atoms with Crippen LogP contribution < -0.4 is 4.72 Å². The molecule has 0 aliphatic rings. The monoisotopic (exact) mass is 289 g/mol. The van der Waals surface area contributed by atoms with Gasteiger partial charge >= 0.3 is 5.97 Å². The van der Waals surface area contributed by atoms with E-state index in [-0.39, 0.29) is 17.1 Å². The minimum absolute atomic E-state index is 0.0542. The van der Waals surface area contributed by atoms with E-state index in [1.807, 2.05) is 6.92 Å². The lowest BCUT2D eigenvalue weighted by atomic mass is 10.2. The number of aliphatic carboxylic acids is 1. The molecule has 18 heavy (non-hydrogen) atoms. The van der Waals surface area contributed by atoms with E-state index in [9.17, 15) is 13.2 Å². The van der Waals surface area contributed by atoms with Gasteiger partial charge in [-0.05, 0) is 31.2 Å². The summed E-state index contributed by atoms with van der Waals surface area (Å²) >= 11 is 3.91. The number of carboxylic acid groups (broad SMARTS) is 1. The van der Waals surface area contributed by atoms with Crippen LogP contribution in [0.15, 0.2) is 29.2 Å². The minimum Gasteiger partial charge on any atom is -0.480 e. The normalized spacial score (nSPS) is 13.2. The van der Waals surface area contributed by atoms with Crippen LogP contribution in [-0.4, -0.2) is 31.3 Å². The largest absolute Gasteiger partial charge is 0.480 e. The first kappa shape index (κ1) is 15.0. The van der Waals surface area contributed by atoms with E-state index in [1.165, 1.54) is 12.1 Å². The third-order valence-corrected chi connectivity index (χ3v) is 4.09. The molecule has 1 atom stereocenters. The zero-order chi connectivity index (χ0) is 13.8. The highest BCUT2D eigenvalue weighted by Crippen LogP contribution is 2.11. The van der Waals surface area contributed by atoms with Crippen molar-refractivity contribution in [3.63, 3.8) is 0 Å². The summed E-state index contributed by atoms with van der Waals surface area (Å²) < 4.78 is 26.0. The van der Waals surface area contributed by atoms with Crippen LogP contribution in [0.2, 0.25) is 0 Å². The average molecular weight is 289 g/mol. The second-order valence-electron chi connectivity index (χ2n) is 3.84. The van der Waals surface area contributed by atoms with Crippen molar-refractivity contribution in [2.24, 2.45) is 0 Å². The zero-order valence-electron chi connectivity index (χ0n) is 9.83. The minimum atomic E-state index is -3.81. The highest BCUT2D eigenvalue weighted by Gasteiger charge is 2.24. The molecule has 0 amide bonds. The average Bonchev–Trinajstić information content (AvgIpc) is 2.28. The summed E-state index contributed by atoms with van der Waals surface area (Å²) in [6, 6.07) is 5.04. The van der Waals surface area contributed by atoms with Gasteiger partial charge in [-0.2, -0.15) is 17.4 Å². The standard InChI is InChI=1S/C11H15NO4S2/c1-8-2-4-9(5-3-8)18(15,16)12-10(6-7-17)11(13)14/h2-5,10,12,17H,6-7H2,1H3,(H,13,14). The topological polar surface area (TPSA) is 83.5 Å². The van der Waals surface area contributed by atoms with Crippen LogP contribution in [-0.2, 0) is 14.8 Å². The van der Waals surface area contributed by atoms with Gasteiger partial charge in [0.2, 0.25) is 10.0 Å². The Morgan fingerprint density at radius 2 is 1.94 bits per heavy atom. The lowest BCUT2D eigenvalue weighted by Gasteiger charge is -2.13. The fourth-order valence-corrected chi connectivity index (χ4v) is 2.82. The van der Waals surface area contributed by atoms with E-state index in [0.717, 1.165) is 5.56 Å². The van der Waals surface area contributed by atoms with Crippen LogP contribution in [0.25, 0.3) is 0 Å². The predicted molar refractivity (Wildman–Crippen MR) is 71.4 cm³/mol. The van der Waals surface area contributed by atoms with Gasteiger partial charge in [0.25, 0.3) is 0 Å². The van der Waals surface area contributed by atoms with Crippen LogP contribution in [0.3, 0.4) is 0 Å². The van der Waals surface area contributed by atoms with Gasteiger partial charge in [0.05, 0.1) is 4.90 Å². The molecular formula is C11H15NO4S2. The summed E-state index contributed by atoms with van der Waals surface area (Å²) in [6.07, 6.45) is 0.129. The number of carboxylic acids is 1. The smallest absolute Gasteiger partial charge is 0.321 e. The number of hydrogen-bond donors (Lipinski definition) is 3. The third kappa shape index (κ3) is 4.01. The van der Waals surface area contributed by atoms with Gasteiger partial charge < -0.3 is 5.11 Å². The van der Waals surface area contributed by atoms with Crippen molar-refractivity contribution in [2.45, 2.75) is 24.3 Å². The molecule has 0 radical (unpaired) electrons. The van der Waals surface area contributed by atoms with Crippen molar-refractivity contribution in [3.05, 3.63) is 29.8 Å². The molecule has 100 valence electrons. The molecule has 1 unspecified atom stereocenters. The fraction of sp³-hybridized carbons (Fsp3) is 0.364. The van der Waals surface area contributed by atoms with Crippen LogP contribution in [0.5, 0.6) is 0 Å². The van der Waals surface area contributed by atoms with Crippen LogP contribution in [0, 0.1) is 6.92 Å². The Kier molecular flexibility index (Phi) is 5.18. The Balaban J connectivity index is 2.93. The van der Waals surface area contributed by atoms with Gasteiger partial charge in [-0.3, -0.25) is 4.79 Å². The van der Waals surface area contributed by atoms with Crippen LogP contribution in [0.4, 0.5) is 0 Å². The first-order valence-electron chi connectivity index (χ1n) is 5.29. The Bertz CT molecular complexity index is 510. The first-order chi connectivity index (χ1) is 8.36. The molecule has 1 aromatic carbocycles. The van der Waals surface area contributed by atoms with E-state index in [0.29, 0.717) is 0 Å². The van der Waals surface area contributed by atoms with Gasteiger partial charge in [-0.15, -0.1) is 0 Å². The molecule has 0 fully saturated rings. The van der Waals surface area contributed by atoms with Crippen molar-refractivity contribution in [3.8, 4) is 0 Å². The predicted octanol–water partition coefficient (Wildman–Crippen LogP) is 1.05. The van der Waals surface area contributed by atoms with Gasteiger partial charge in [-0.1, -0.05) is 17.7 Å². The highest BCUT2D eigenvalue weighted by molar-refractivity contribution is 7.89. The third-order valence-electron chi connectivity index (χ3n) is 2.34. The maximum atomic E-state index is 11.9. The summed E-state index contributed by atoms with van der Waals surface area (Å²) in [5, 5.41) is 8.90. The SMILES string of the molecule is Cc1ccc(S(=O)(=O)NC(CCS)C(=O)O)cc1. The van der Waals surface area contributed by atoms with E-state index in [1.54, 1.807) is 12.1 Å². The maximum absolute atomic E-state index is 11.9.